The molecule has 0 aliphatic carbocycles. The van der Waals surface area contributed by atoms with Gasteiger partial charge in [-0.3, -0.25) is 4.79 Å². The summed E-state index contributed by atoms with van der Waals surface area (Å²) in [5, 5.41) is 0.628. The molecule has 1 aromatic heterocycles. The van der Waals surface area contributed by atoms with Crippen molar-refractivity contribution in [2.75, 3.05) is 0 Å². The molecule has 0 atom stereocenters. The third-order valence-electron chi connectivity index (χ3n) is 3.37. The van der Waals surface area contributed by atoms with E-state index in [9.17, 15) is 17.8 Å². The van der Waals surface area contributed by atoms with Crippen LogP contribution < -0.4 is 4.98 Å². The molecule has 2 aromatic carbocycles. The summed E-state index contributed by atoms with van der Waals surface area (Å²) >= 11 is 5.74. The van der Waals surface area contributed by atoms with Gasteiger partial charge in [-0.2, -0.15) is 0 Å². The Balaban J connectivity index is 0.000000197. The highest BCUT2D eigenvalue weighted by Gasteiger charge is 2.13. The maximum Gasteiger partial charge on any atom is 0.256 e. The zero-order valence-electron chi connectivity index (χ0n) is 13.8. The van der Waals surface area contributed by atoms with Gasteiger partial charge in [0, 0.05) is 22.7 Å². The summed E-state index contributed by atoms with van der Waals surface area (Å²) in [6.07, 6.45) is 1.73. The molecule has 0 saturated carbocycles. The molecule has 0 amide bonds. The standard InChI is InChI=1S/C12H8ClNO.C7H8O3S/c13-10-6-4-9(5-7-10)12(15)11-3-1-2-8-14-11;1-6-2-4-7(5-3-6)11(8,9)10/h1-8H;2-5H,1H3,(H,8,9,10). The van der Waals surface area contributed by atoms with Gasteiger partial charge in [0.15, 0.2) is 6.20 Å². The fourth-order valence-corrected chi connectivity index (χ4v) is 2.59. The number of nitrogens with one attached hydrogen (secondary N) is 1. The Morgan fingerprint density at radius 2 is 1.58 bits per heavy atom. The third kappa shape index (κ3) is 5.77. The highest BCUT2D eigenvalue weighted by atomic mass is 35.5. The summed E-state index contributed by atoms with van der Waals surface area (Å²) in [5.41, 5.74) is 2.12. The predicted molar refractivity (Wildman–Crippen MR) is 97.0 cm³/mol. The molecule has 3 aromatic rings. The largest absolute Gasteiger partial charge is 0.744 e. The fourth-order valence-electron chi connectivity index (χ4n) is 2.00. The van der Waals surface area contributed by atoms with E-state index in [0.29, 0.717) is 16.3 Å². The number of carbonyl (C=O) groups is 1. The van der Waals surface area contributed by atoms with Gasteiger partial charge in [0.05, 0.1) is 4.90 Å². The molecule has 1 N–H and O–H groups in total. The number of aryl methyl sites for hydroxylation is 1. The van der Waals surface area contributed by atoms with Crippen molar-refractivity contribution in [1.29, 1.82) is 0 Å². The number of hydrogen-bond donors (Lipinski definition) is 0. The van der Waals surface area contributed by atoms with Gasteiger partial charge in [0.2, 0.25) is 0 Å². The van der Waals surface area contributed by atoms with E-state index in [2.05, 4.69) is 4.98 Å². The highest BCUT2D eigenvalue weighted by Crippen LogP contribution is 2.11. The number of halogens is 1. The molecule has 0 radical (unpaired) electrons. The number of H-pyrrole nitrogens is 1. The quantitative estimate of drug-likeness (QED) is 0.508. The Morgan fingerprint density at radius 3 is 2.08 bits per heavy atom. The van der Waals surface area contributed by atoms with Gasteiger partial charge in [0.25, 0.3) is 11.5 Å². The van der Waals surface area contributed by atoms with Gasteiger partial charge in [-0.15, -0.1) is 0 Å². The zero-order valence-corrected chi connectivity index (χ0v) is 15.4. The van der Waals surface area contributed by atoms with Crippen molar-refractivity contribution < 1.29 is 22.7 Å². The van der Waals surface area contributed by atoms with E-state index >= 15 is 0 Å². The molecule has 0 bridgehead atoms. The van der Waals surface area contributed by atoms with Crippen LogP contribution in [-0.2, 0) is 10.1 Å². The first kappa shape index (κ1) is 19.8. The van der Waals surface area contributed by atoms with E-state index in [4.69, 9.17) is 11.6 Å². The summed E-state index contributed by atoms with van der Waals surface area (Å²) in [4.78, 5) is 14.6. The van der Waals surface area contributed by atoms with Gasteiger partial charge in [-0.25, -0.2) is 13.4 Å². The van der Waals surface area contributed by atoms with E-state index in [1.165, 1.54) is 12.1 Å². The number of benzene rings is 2. The van der Waals surface area contributed by atoms with Crippen molar-refractivity contribution >= 4 is 27.5 Å². The molecule has 1 heterocycles. The number of carbonyl (C=O) groups excluding carboxylic acids is 1. The van der Waals surface area contributed by atoms with Crippen LogP contribution in [0, 0.1) is 6.92 Å². The van der Waals surface area contributed by atoms with Crippen molar-refractivity contribution in [3.8, 4) is 0 Å². The minimum atomic E-state index is -4.27. The molecular weight excluding hydrogens is 374 g/mol. The van der Waals surface area contributed by atoms with Crippen LogP contribution in [0.15, 0.2) is 77.8 Å². The summed E-state index contributed by atoms with van der Waals surface area (Å²) in [6, 6.07) is 18.0. The molecule has 7 heteroatoms. The van der Waals surface area contributed by atoms with Crippen LogP contribution in [0.3, 0.4) is 0 Å². The van der Waals surface area contributed by atoms with Gasteiger partial charge in [-0.05, 0) is 49.4 Å². The lowest BCUT2D eigenvalue weighted by Crippen LogP contribution is -2.16. The second-order valence-electron chi connectivity index (χ2n) is 5.38. The second kappa shape index (κ2) is 8.71. The average Bonchev–Trinajstić information content (AvgIpc) is 2.63. The molecule has 5 nitrogen and oxygen atoms in total. The number of rotatable bonds is 3. The first-order valence-electron chi connectivity index (χ1n) is 7.57. The van der Waals surface area contributed by atoms with Gasteiger partial charge in [0.1, 0.15) is 10.1 Å². The number of pyridine rings is 1. The van der Waals surface area contributed by atoms with Crippen LogP contribution in [-0.4, -0.2) is 18.8 Å². The summed E-state index contributed by atoms with van der Waals surface area (Å²) in [5.74, 6) is -0.0349. The summed E-state index contributed by atoms with van der Waals surface area (Å²) in [6.45, 7) is 1.82. The molecule has 0 spiro atoms. The molecule has 0 saturated heterocycles. The van der Waals surface area contributed by atoms with Gasteiger partial charge < -0.3 is 4.55 Å². The van der Waals surface area contributed by atoms with Crippen LogP contribution >= 0.6 is 11.6 Å². The molecule has 0 fully saturated rings. The van der Waals surface area contributed by atoms with Crippen molar-refractivity contribution in [1.82, 2.24) is 0 Å². The van der Waals surface area contributed by atoms with Crippen molar-refractivity contribution in [3.05, 3.63) is 94.8 Å². The monoisotopic (exact) mass is 389 g/mol. The lowest BCUT2D eigenvalue weighted by molar-refractivity contribution is -0.381. The van der Waals surface area contributed by atoms with Crippen molar-refractivity contribution in [2.24, 2.45) is 0 Å². The Hall–Kier alpha value is -2.54. The molecule has 0 aliphatic rings. The summed E-state index contributed by atoms with van der Waals surface area (Å²) in [7, 11) is -4.27. The Bertz CT molecular complexity index is 970. The van der Waals surface area contributed by atoms with Crippen molar-refractivity contribution in [3.63, 3.8) is 0 Å². The van der Waals surface area contributed by atoms with E-state index in [-0.39, 0.29) is 10.7 Å². The Labute approximate surface area is 157 Å². The molecule has 3 rings (SSSR count). The maximum atomic E-state index is 11.9. The van der Waals surface area contributed by atoms with Crippen LogP contribution in [0.2, 0.25) is 5.02 Å². The lowest BCUT2D eigenvalue weighted by Gasteiger charge is -2.05. The Morgan fingerprint density at radius 1 is 0.962 bits per heavy atom. The first-order chi connectivity index (χ1) is 12.3. The van der Waals surface area contributed by atoms with E-state index in [0.717, 1.165) is 5.56 Å². The first-order valence-corrected chi connectivity index (χ1v) is 9.35. The van der Waals surface area contributed by atoms with Crippen LogP contribution in [0.1, 0.15) is 21.6 Å². The molecular formula is C19H16ClNO4S. The molecule has 134 valence electrons. The third-order valence-corrected chi connectivity index (χ3v) is 4.47. The van der Waals surface area contributed by atoms with E-state index in [1.807, 2.05) is 19.1 Å². The minimum absolute atomic E-state index is 0.0349. The number of aromatic amines is 1. The van der Waals surface area contributed by atoms with Crippen LogP contribution in [0.5, 0.6) is 0 Å². The predicted octanol–water partition coefficient (Wildman–Crippen LogP) is 3.28. The topological polar surface area (TPSA) is 88.4 Å². The van der Waals surface area contributed by atoms with E-state index in [1.54, 1.807) is 48.7 Å². The van der Waals surface area contributed by atoms with Crippen molar-refractivity contribution in [2.45, 2.75) is 11.8 Å². The lowest BCUT2D eigenvalue weighted by atomic mass is 10.1. The maximum absolute atomic E-state index is 11.9. The number of hydrogen-bond acceptors (Lipinski definition) is 4. The molecule has 0 aliphatic heterocycles. The fraction of sp³-hybridized carbons (Fsp3) is 0.0526. The van der Waals surface area contributed by atoms with Crippen LogP contribution in [0.25, 0.3) is 0 Å². The second-order valence-corrected chi connectivity index (χ2v) is 7.20. The zero-order chi connectivity index (χ0) is 19.2. The smallest absolute Gasteiger partial charge is 0.256 e. The van der Waals surface area contributed by atoms with Gasteiger partial charge in [-0.1, -0.05) is 29.3 Å². The SMILES string of the molecule is Cc1ccc(S(=O)(=O)[O-])cc1.O=C(c1ccc(Cl)cc1)c1cccc[nH+]1. The van der Waals surface area contributed by atoms with E-state index < -0.39 is 10.1 Å². The van der Waals surface area contributed by atoms with Gasteiger partial charge >= 0.3 is 0 Å². The summed E-state index contributed by atoms with van der Waals surface area (Å²) < 4.78 is 31.2. The normalized spacial score (nSPS) is 10.6. The molecule has 26 heavy (non-hydrogen) atoms. The Kier molecular flexibility index (Phi) is 6.63. The molecule has 0 unspecified atom stereocenters. The van der Waals surface area contributed by atoms with Crippen LogP contribution in [0.4, 0.5) is 0 Å². The highest BCUT2D eigenvalue weighted by molar-refractivity contribution is 7.85. The number of ketones is 1. The minimum Gasteiger partial charge on any atom is -0.744 e. The number of aromatic nitrogens is 1. The average molecular weight is 390 g/mol.